The molecule has 1 N–H and O–H groups in total. The Balaban J connectivity index is 2.43. The summed E-state index contributed by atoms with van der Waals surface area (Å²) in [5.41, 5.74) is 0.546. The lowest BCUT2D eigenvalue weighted by Crippen LogP contribution is -2.14. The molecule has 0 saturated heterocycles. The standard InChI is InChI=1S/C16H14F3NO/c1-20-9-8-10-4-2-3-5-11(10)16(21)12-6-7-13(17)15(19)14(12)18/h2-7,20H,8-9H2,1H3. The molecule has 0 aliphatic rings. The summed E-state index contributed by atoms with van der Waals surface area (Å²) in [6, 6.07) is 8.43. The topological polar surface area (TPSA) is 29.1 Å². The van der Waals surface area contributed by atoms with E-state index in [9.17, 15) is 18.0 Å². The van der Waals surface area contributed by atoms with Crippen LogP contribution >= 0.6 is 0 Å². The molecular weight excluding hydrogens is 279 g/mol. The molecule has 5 heteroatoms. The third kappa shape index (κ3) is 3.13. The summed E-state index contributed by atoms with van der Waals surface area (Å²) in [6.07, 6.45) is 0.573. The molecule has 0 radical (unpaired) electrons. The average molecular weight is 293 g/mol. The van der Waals surface area contributed by atoms with E-state index in [1.54, 1.807) is 31.3 Å². The highest BCUT2D eigenvalue weighted by atomic mass is 19.2. The number of halogens is 3. The third-order valence-corrected chi connectivity index (χ3v) is 3.19. The highest BCUT2D eigenvalue weighted by molar-refractivity contribution is 6.10. The molecule has 0 saturated carbocycles. The summed E-state index contributed by atoms with van der Waals surface area (Å²) < 4.78 is 39.9. The zero-order chi connectivity index (χ0) is 15.4. The van der Waals surface area contributed by atoms with Gasteiger partial charge in [0.25, 0.3) is 0 Å². The van der Waals surface area contributed by atoms with Crippen molar-refractivity contribution in [2.45, 2.75) is 6.42 Å². The van der Waals surface area contributed by atoms with Gasteiger partial charge in [0, 0.05) is 5.56 Å². The smallest absolute Gasteiger partial charge is 0.196 e. The predicted molar refractivity (Wildman–Crippen MR) is 73.8 cm³/mol. The second kappa shape index (κ2) is 6.54. The molecule has 0 spiro atoms. The largest absolute Gasteiger partial charge is 0.319 e. The van der Waals surface area contributed by atoms with E-state index >= 15 is 0 Å². The number of ketones is 1. The molecule has 0 amide bonds. The number of rotatable bonds is 5. The first-order valence-corrected chi connectivity index (χ1v) is 6.47. The van der Waals surface area contributed by atoms with Crippen molar-refractivity contribution in [3.63, 3.8) is 0 Å². The van der Waals surface area contributed by atoms with Gasteiger partial charge in [-0.05, 0) is 37.7 Å². The molecule has 0 aromatic heterocycles. The number of benzene rings is 2. The molecule has 2 aromatic carbocycles. The summed E-state index contributed by atoms with van der Waals surface area (Å²) in [5.74, 6) is -5.05. The van der Waals surface area contributed by atoms with Crippen molar-refractivity contribution >= 4 is 5.78 Å². The summed E-state index contributed by atoms with van der Waals surface area (Å²) in [7, 11) is 1.78. The molecular formula is C16H14F3NO. The van der Waals surface area contributed by atoms with E-state index in [1.807, 2.05) is 0 Å². The lowest BCUT2D eigenvalue weighted by atomic mass is 9.96. The van der Waals surface area contributed by atoms with Crippen LogP contribution in [0.25, 0.3) is 0 Å². The van der Waals surface area contributed by atoms with E-state index in [1.165, 1.54) is 0 Å². The molecule has 110 valence electrons. The van der Waals surface area contributed by atoms with E-state index in [-0.39, 0.29) is 5.56 Å². The fourth-order valence-electron chi connectivity index (χ4n) is 2.07. The van der Waals surface area contributed by atoms with Gasteiger partial charge in [-0.25, -0.2) is 13.2 Å². The van der Waals surface area contributed by atoms with E-state index in [2.05, 4.69) is 5.32 Å². The van der Waals surface area contributed by atoms with Gasteiger partial charge < -0.3 is 5.32 Å². The van der Waals surface area contributed by atoms with E-state index in [4.69, 9.17) is 0 Å². The maximum Gasteiger partial charge on any atom is 0.196 e. The fourth-order valence-corrected chi connectivity index (χ4v) is 2.07. The monoisotopic (exact) mass is 293 g/mol. The van der Waals surface area contributed by atoms with E-state index < -0.39 is 28.8 Å². The molecule has 2 nitrogen and oxygen atoms in total. The van der Waals surface area contributed by atoms with Gasteiger partial charge in [-0.15, -0.1) is 0 Å². The highest BCUT2D eigenvalue weighted by Crippen LogP contribution is 2.20. The minimum atomic E-state index is -1.63. The minimum absolute atomic E-state index is 0.289. The molecule has 2 rings (SSSR count). The van der Waals surface area contributed by atoms with Crippen LogP contribution < -0.4 is 5.32 Å². The molecule has 0 unspecified atom stereocenters. The Hall–Kier alpha value is -2.14. The van der Waals surface area contributed by atoms with Crippen LogP contribution in [0.15, 0.2) is 36.4 Å². The first-order valence-electron chi connectivity index (χ1n) is 6.47. The number of hydrogen-bond donors (Lipinski definition) is 1. The van der Waals surface area contributed by atoms with Crippen molar-refractivity contribution in [1.29, 1.82) is 0 Å². The van der Waals surface area contributed by atoms with Crippen LogP contribution in [0, 0.1) is 17.5 Å². The van der Waals surface area contributed by atoms with Crippen molar-refractivity contribution < 1.29 is 18.0 Å². The predicted octanol–water partition coefficient (Wildman–Crippen LogP) is 3.10. The van der Waals surface area contributed by atoms with Gasteiger partial charge in [-0.3, -0.25) is 4.79 Å². The maximum atomic E-state index is 13.7. The normalized spacial score (nSPS) is 10.7. The second-order valence-corrected chi connectivity index (χ2v) is 4.56. The number of likely N-dealkylation sites (N-methyl/N-ethyl adjacent to an activating group) is 1. The van der Waals surface area contributed by atoms with Gasteiger partial charge >= 0.3 is 0 Å². The summed E-state index contributed by atoms with van der Waals surface area (Å²) in [4.78, 5) is 12.4. The SMILES string of the molecule is CNCCc1ccccc1C(=O)c1ccc(F)c(F)c1F. The van der Waals surface area contributed by atoms with E-state index in [0.717, 1.165) is 17.7 Å². The van der Waals surface area contributed by atoms with Gasteiger partial charge in [-0.1, -0.05) is 24.3 Å². The van der Waals surface area contributed by atoms with Crippen LogP contribution in [0.4, 0.5) is 13.2 Å². The van der Waals surface area contributed by atoms with Crippen molar-refractivity contribution in [3.8, 4) is 0 Å². The maximum absolute atomic E-state index is 13.7. The van der Waals surface area contributed by atoms with Crippen LogP contribution in [0.2, 0.25) is 0 Å². The molecule has 0 aliphatic carbocycles. The Morgan fingerprint density at radius 3 is 2.43 bits per heavy atom. The molecule has 0 bridgehead atoms. The van der Waals surface area contributed by atoms with Crippen LogP contribution in [0.3, 0.4) is 0 Å². The van der Waals surface area contributed by atoms with Crippen LogP contribution in [0.1, 0.15) is 21.5 Å². The molecule has 0 aliphatic heterocycles. The first kappa shape index (κ1) is 15.3. The van der Waals surface area contributed by atoms with Crippen molar-refractivity contribution in [2.24, 2.45) is 0 Å². The van der Waals surface area contributed by atoms with Gasteiger partial charge in [0.15, 0.2) is 23.2 Å². The first-order chi connectivity index (χ1) is 10.1. The van der Waals surface area contributed by atoms with Crippen molar-refractivity contribution in [3.05, 3.63) is 70.5 Å². The lowest BCUT2D eigenvalue weighted by molar-refractivity contribution is 0.103. The van der Waals surface area contributed by atoms with Gasteiger partial charge in [0.2, 0.25) is 0 Å². The number of carbonyl (C=O) groups excluding carboxylic acids is 1. The molecule has 0 fully saturated rings. The third-order valence-electron chi connectivity index (χ3n) is 3.19. The molecule has 21 heavy (non-hydrogen) atoms. The zero-order valence-electron chi connectivity index (χ0n) is 11.4. The Morgan fingerprint density at radius 1 is 1.00 bits per heavy atom. The van der Waals surface area contributed by atoms with Crippen LogP contribution in [-0.2, 0) is 6.42 Å². The summed E-state index contributed by atoms with van der Waals surface area (Å²) >= 11 is 0. The van der Waals surface area contributed by atoms with Gasteiger partial charge in [0.05, 0.1) is 5.56 Å². The van der Waals surface area contributed by atoms with E-state index in [0.29, 0.717) is 13.0 Å². The van der Waals surface area contributed by atoms with Gasteiger partial charge in [0.1, 0.15) is 0 Å². The number of hydrogen-bond acceptors (Lipinski definition) is 2. The molecule has 0 atom stereocenters. The summed E-state index contributed by atoms with van der Waals surface area (Å²) in [5, 5.41) is 2.96. The van der Waals surface area contributed by atoms with Crippen LogP contribution in [0.5, 0.6) is 0 Å². The van der Waals surface area contributed by atoms with Gasteiger partial charge in [-0.2, -0.15) is 0 Å². The van der Waals surface area contributed by atoms with Crippen molar-refractivity contribution in [2.75, 3.05) is 13.6 Å². The van der Waals surface area contributed by atoms with Crippen molar-refractivity contribution in [1.82, 2.24) is 5.32 Å². The molecule has 0 heterocycles. The summed E-state index contributed by atoms with van der Waals surface area (Å²) in [6.45, 7) is 0.643. The second-order valence-electron chi connectivity index (χ2n) is 4.56. The quantitative estimate of drug-likeness (QED) is 0.678. The Morgan fingerprint density at radius 2 is 1.71 bits per heavy atom. The minimum Gasteiger partial charge on any atom is -0.319 e. The molecule has 2 aromatic rings. The Bertz CT molecular complexity index is 671. The Labute approximate surface area is 120 Å². The van der Waals surface area contributed by atoms with Crippen LogP contribution in [-0.4, -0.2) is 19.4 Å². The lowest BCUT2D eigenvalue weighted by Gasteiger charge is -2.09. The fraction of sp³-hybridized carbons (Fsp3) is 0.188. The average Bonchev–Trinajstić information content (AvgIpc) is 2.50. The number of nitrogens with one attached hydrogen (secondary N) is 1. The highest BCUT2D eigenvalue weighted by Gasteiger charge is 2.21. The number of carbonyl (C=O) groups is 1. The zero-order valence-corrected chi connectivity index (χ0v) is 11.4. The Kier molecular flexibility index (Phi) is 4.75.